The number of hydrogen-bond donors (Lipinski definition) is 1. The fraction of sp³-hybridized carbons (Fsp3) is 0.600. The molecule has 1 fully saturated rings. The summed E-state index contributed by atoms with van der Waals surface area (Å²) in [6.07, 6.45) is 3.73. The van der Waals surface area contributed by atoms with Crippen LogP contribution in [0.25, 0.3) is 0 Å². The molecule has 1 aromatic rings. The summed E-state index contributed by atoms with van der Waals surface area (Å²) in [5, 5.41) is 2.85. The predicted octanol–water partition coefficient (Wildman–Crippen LogP) is 1.15. The highest BCUT2D eigenvalue weighted by Gasteiger charge is 2.31. The summed E-state index contributed by atoms with van der Waals surface area (Å²) in [6.45, 7) is 3.03. The minimum absolute atomic E-state index is 0.0953. The maximum atomic E-state index is 12.2. The van der Waals surface area contributed by atoms with E-state index in [4.69, 9.17) is 0 Å². The Balaban J connectivity index is 1.90. The average molecular weight is 325 g/mol. The quantitative estimate of drug-likeness (QED) is 0.851. The Bertz CT molecular complexity index is 589. The van der Waals surface area contributed by atoms with Crippen LogP contribution in [0, 0.1) is 5.92 Å². The van der Waals surface area contributed by atoms with Crippen LogP contribution < -0.4 is 5.32 Å². The number of carbonyl (C=O) groups excluding carboxylic acids is 1. The van der Waals surface area contributed by atoms with Gasteiger partial charge in [-0.3, -0.25) is 9.78 Å². The van der Waals surface area contributed by atoms with Gasteiger partial charge >= 0.3 is 0 Å². The van der Waals surface area contributed by atoms with E-state index < -0.39 is 10.0 Å². The van der Waals surface area contributed by atoms with Gasteiger partial charge in [-0.2, -0.15) is 0 Å². The molecule has 2 rings (SSSR count). The van der Waals surface area contributed by atoms with Gasteiger partial charge in [0.1, 0.15) is 0 Å². The van der Waals surface area contributed by atoms with Crippen molar-refractivity contribution in [3.8, 4) is 0 Å². The van der Waals surface area contributed by atoms with Crippen molar-refractivity contribution in [1.82, 2.24) is 14.6 Å². The molecular weight excluding hydrogens is 302 g/mol. The molecular formula is C15H23N3O3S. The second-order valence-corrected chi connectivity index (χ2v) is 7.64. The van der Waals surface area contributed by atoms with E-state index in [-0.39, 0.29) is 24.1 Å². The molecule has 0 radical (unpaired) electrons. The summed E-state index contributed by atoms with van der Waals surface area (Å²) in [5.41, 5.74) is 0.794. The summed E-state index contributed by atoms with van der Waals surface area (Å²) in [6, 6.07) is 5.54. The van der Waals surface area contributed by atoms with Crippen molar-refractivity contribution < 1.29 is 13.2 Å². The van der Waals surface area contributed by atoms with E-state index in [9.17, 15) is 13.2 Å². The first kappa shape index (κ1) is 16.9. The average Bonchev–Trinajstić information content (AvgIpc) is 2.53. The highest BCUT2D eigenvalue weighted by atomic mass is 32.2. The summed E-state index contributed by atoms with van der Waals surface area (Å²) in [7, 11) is -3.23. The number of carbonyl (C=O) groups is 1. The lowest BCUT2D eigenvalue weighted by Crippen LogP contribution is -2.45. The zero-order chi connectivity index (χ0) is 16.0. The van der Waals surface area contributed by atoms with Crippen molar-refractivity contribution >= 4 is 15.9 Å². The Kier molecular flexibility index (Phi) is 5.90. The van der Waals surface area contributed by atoms with Gasteiger partial charge in [0, 0.05) is 19.3 Å². The van der Waals surface area contributed by atoms with Gasteiger partial charge in [-0.15, -0.1) is 0 Å². The molecule has 1 saturated heterocycles. The Morgan fingerprint density at radius 1 is 1.45 bits per heavy atom. The summed E-state index contributed by atoms with van der Waals surface area (Å²) in [4.78, 5) is 16.4. The number of nitrogens with one attached hydrogen (secondary N) is 1. The van der Waals surface area contributed by atoms with E-state index in [1.807, 2.05) is 25.1 Å². The Morgan fingerprint density at radius 2 is 2.27 bits per heavy atom. The van der Waals surface area contributed by atoms with Crippen LogP contribution >= 0.6 is 0 Å². The fourth-order valence-corrected chi connectivity index (χ4v) is 4.21. The van der Waals surface area contributed by atoms with Gasteiger partial charge in [-0.25, -0.2) is 12.7 Å². The lowest BCUT2D eigenvalue weighted by Gasteiger charge is -2.31. The first-order valence-corrected chi connectivity index (χ1v) is 9.29. The first-order valence-electron chi connectivity index (χ1n) is 7.68. The molecule has 0 unspecified atom stereocenters. The normalized spacial score (nSPS) is 19.8. The van der Waals surface area contributed by atoms with Gasteiger partial charge in [-0.05, 0) is 31.4 Å². The molecule has 1 aromatic heterocycles. The molecule has 122 valence electrons. The highest BCUT2D eigenvalue weighted by Crippen LogP contribution is 2.20. The van der Waals surface area contributed by atoms with Gasteiger partial charge in [0.25, 0.3) is 0 Å². The fourth-order valence-electron chi connectivity index (χ4n) is 2.62. The first-order chi connectivity index (χ1) is 10.5. The Hall–Kier alpha value is -1.47. The Labute approximate surface area is 132 Å². The molecule has 2 heterocycles. The van der Waals surface area contributed by atoms with Crippen LogP contribution in [0.5, 0.6) is 0 Å². The number of pyridine rings is 1. The third-order valence-corrected chi connectivity index (χ3v) is 5.82. The third-order valence-electron chi connectivity index (χ3n) is 3.78. The minimum Gasteiger partial charge on any atom is -0.350 e. The lowest BCUT2D eigenvalue weighted by atomic mass is 9.99. The third kappa shape index (κ3) is 4.51. The predicted molar refractivity (Wildman–Crippen MR) is 84.5 cm³/mol. The number of rotatable bonds is 6. The monoisotopic (exact) mass is 325 g/mol. The molecule has 1 atom stereocenters. The van der Waals surface area contributed by atoms with Crippen molar-refractivity contribution in [2.75, 3.05) is 18.8 Å². The van der Waals surface area contributed by atoms with Gasteiger partial charge < -0.3 is 5.32 Å². The van der Waals surface area contributed by atoms with Crippen LogP contribution in [0.1, 0.15) is 31.9 Å². The molecule has 0 saturated carbocycles. The second-order valence-electron chi connectivity index (χ2n) is 5.55. The number of piperidine rings is 1. The summed E-state index contributed by atoms with van der Waals surface area (Å²) in [5.74, 6) is -0.221. The van der Waals surface area contributed by atoms with Crippen molar-refractivity contribution in [3.63, 3.8) is 0 Å². The van der Waals surface area contributed by atoms with E-state index >= 15 is 0 Å². The minimum atomic E-state index is -3.23. The number of hydrogen-bond acceptors (Lipinski definition) is 4. The van der Waals surface area contributed by atoms with Crippen LogP contribution in [0.2, 0.25) is 0 Å². The van der Waals surface area contributed by atoms with Gasteiger partial charge in [0.05, 0.1) is 23.9 Å². The van der Waals surface area contributed by atoms with E-state index in [0.717, 1.165) is 18.5 Å². The number of nitrogens with zero attached hydrogens (tertiary/aromatic N) is 2. The molecule has 22 heavy (non-hydrogen) atoms. The molecule has 1 aliphatic heterocycles. The van der Waals surface area contributed by atoms with Crippen molar-refractivity contribution in [3.05, 3.63) is 30.1 Å². The van der Waals surface area contributed by atoms with E-state index in [0.29, 0.717) is 19.5 Å². The summed E-state index contributed by atoms with van der Waals surface area (Å²) < 4.78 is 25.7. The maximum Gasteiger partial charge on any atom is 0.224 e. The number of sulfonamides is 1. The van der Waals surface area contributed by atoms with Gasteiger partial charge in [-0.1, -0.05) is 13.0 Å². The van der Waals surface area contributed by atoms with E-state index in [2.05, 4.69) is 10.3 Å². The molecule has 0 aliphatic carbocycles. The highest BCUT2D eigenvalue weighted by molar-refractivity contribution is 7.89. The van der Waals surface area contributed by atoms with Gasteiger partial charge in [0.2, 0.25) is 15.9 Å². The van der Waals surface area contributed by atoms with Crippen molar-refractivity contribution in [2.24, 2.45) is 5.92 Å². The Morgan fingerprint density at radius 3 is 2.95 bits per heavy atom. The molecule has 1 amide bonds. The van der Waals surface area contributed by atoms with Crippen LogP contribution in [-0.2, 0) is 21.4 Å². The molecule has 0 spiro atoms. The van der Waals surface area contributed by atoms with E-state index in [1.165, 1.54) is 4.31 Å². The zero-order valence-electron chi connectivity index (χ0n) is 12.9. The van der Waals surface area contributed by atoms with Crippen LogP contribution in [0.15, 0.2) is 24.4 Å². The SMILES string of the molecule is CCCS(=O)(=O)N1CCC[C@@H](C(=O)NCc2ccccn2)C1. The van der Waals surface area contributed by atoms with Crippen molar-refractivity contribution in [2.45, 2.75) is 32.7 Å². The molecule has 7 heteroatoms. The van der Waals surface area contributed by atoms with Gasteiger partial charge in [0.15, 0.2) is 0 Å². The van der Waals surface area contributed by atoms with Crippen LogP contribution in [0.4, 0.5) is 0 Å². The van der Waals surface area contributed by atoms with Crippen LogP contribution in [0.3, 0.4) is 0 Å². The molecule has 6 nitrogen and oxygen atoms in total. The molecule has 0 aromatic carbocycles. The topological polar surface area (TPSA) is 79.4 Å². The largest absolute Gasteiger partial charge is 0.350 e. The van der Waals surface area contributed by atoms with Crippen molar-refractivity contribution in [1.29, 1.82) is 0 Å². The molecule has 1 N–H and O–H groups in total. The molecule has 0 bridgehead atoms. The summed E-state index contributed by atoms with van der Waals surface area (Å²) >= 11 is 0. The number of amides is 1. The smallest absolute Gasteiger partial charge is 0.224 e. The van der Waals surface area contributed by atoms with Crippen LogP contribution in [-0.4, -0.2) is 42.5 Å². The second kappa shape index (κ2) is 7.69. The maximum absolute atomic E-state index is 12.2. The zero-order valence-corrected chi connectivity index (χ0v) is 13.7. The van der Waals surface area contributed by atoms with E-state index in [1.54, 1.807) is 6.20 Å². The standard InChI is InChI=1S/C15H23N3O3S/c1-2-10-22(20,21)18-9-5-6-13(12-18)15(19)17-11-14-7-3-4-8-16-14/h3-4,7-8,13H,2,5-6,9-12H2,1H3,(H,17,19)/t13-/m1/s1. The lowest BCUT2D eigenvalue weighted by molar-refractivity contribution is -0.126. The molecule has 1 aliphatic rings. The number of aromatic nitrogens is 1.